The van der Waals surface area contributed by atoms with E-state index in [1.165, 1.54) is 6.42 Å². The van der Waals surface area contributed by atoms with E-state index >= 15 is 0 Å². The minimum absolute atomic E-state index is 0.0462. The Morgan fingerprint density at radius 2 is 2.16 bits per heavy atom. The summed E-state index contributed by atoms with van der Waals surface area (Å²) in [6.07, 6.45) is 3.32. The van der Waals surface area contributed by atoms with Gasteiger partial charge in [-0.25, -0.2) is 0 Å². The van der Waals surface area contributed by atoms with Crippen LogP contribution >= 0.6 is 11.6 Å². The second-order valence-corrected chi connectivity index (χ2v) is 7.00. The average molecular weight is 364 g/mol. The standard InChI is InChI=1S/C18H22ClN3O3/c1-11-6-5-9-15(12(11)2)20-16(23)10-24-18-21-17(22-25-18)13-7-3-4-8-14(13)19/h3-4,7-8,11-12,15H,5-6,9-10H2,1-2H3,(H,20,23)/t11-,12+,15-/m1/s1. The van der Waals surface area contributed by atoms with E-state index in [-0.39, 0.29) is 24.6 Å². The van der Waals surface area contributed by atoms with Crippen molar-refractivity contribution in [2.24, 2.45) is 11.8 Å². The highest BCUT2D eigenvalue weighted by atomic mass is 35.5. The molecule has 2 aromatic rings. The lowest BCUT2D eigenvalue weighted by Gasteiger charge is -2.34. The molecule has 0 spiro atoms. The first-order valence-corrected chi connectivity index (χ1v) is 8.93. The topological polar surface area (TPSA) is 77.2 Å². The zero-order chi connectivity index (χ0) is 17.8. The highest BCUT2D eigenvalue weighted by Gasteiger charge is 2.28. The fraction of sp³-hybridized carbons (Fsp3) is 0.500. The summed E-state index contributed by atoms with van der Waals surface area (Å²) in [6, 6.07) is 7.38. The molecule has 0 bridgehead atoms. The van der Waals surface area contributed by atoms with Crippen LogP contribution in [0.2, 0.25) is 5.02 Å². The first kappa shape index (κ1) is 17.7. The number of hydrogen-bond acceptors (Lipinski definition) is 5. The lowest BCUT2D eigenvalue weighted by atomic mass is 9.78. The molecule has 3 rings (SSSR count). The smallest absolute Gasteiger partial charge is 0.418 e. The molecule has 1 heterocycles. The fourth-order valence-corrected chi connectivity index (χ4v) is 3.40. The van der Waals surface area contributed by atoms with E-state index in [2.05, 4.69) is 29.3 Å². The Morgan fingerprint density at radius 3 is 2.96 bits per heavy atom. The van der Waals surface area contributed by atoms with E-state index in [4.69, 9.17) is 20.9 Å². The minimum Gasteiger partial charge on any atom is -0.439 e. The number of ether oxygens (including phenoxy) is 1. The first-order chi connectivity index (χ1) is 12.0. The predicted molar refractivity (Wildman–Crippen MR) is 94.3 cm³/mol. The molecule has 1 aliphatic rings. The van der Waals surface area contributed by atoms with Gasteiger partial charge in [0.05, 0.1) is 5.02 Å². The lowest BCUT2D eigenvalue weighted by molar-refractivity contribution is -0.125. The molecule has 1 amide bonds. The van der Waals surface area contributed by atoms with Crippen LogP contribution in [0.1, 0.15) is 33.1 Å². The number of hydrogen-bond donors (Lipinski definition) is 1. The van der Waals surface area contributed by atoms with Crippen molar-refractivity contribution in [3.63, 3.8) is 0 Å². The Bertz CT molecular complexity index is 734. The van der Waals surface area contributed by atoms with Crippen LogP contribution in [0.15, 0.2) is 28.8 Å². The minimum atomic E-state index is -0.177. The van der Waals surface area contributed by atoms with E-state index in [1.54, 1.807) is 12.1 Å². The Labute approximate surface area is 151 Å². The second kappa shape index (κ2) is 7.87. The predicted octanol–water partition coefficient (Wildman–Crippen LogP) is 3.71. The van der Waals surface area contributed by atoms with Crippen LogP contribution in [0.25, 0.3) is 11.4 Å². The summed E-state index contributed by atoms with van der Waals surface area (Å²) in [6.45, 7) is 4.26. The Kier molecular flexibility index (Phi) is 5.58. The maximum absolute atomic E-state index is 12.1. The third-order valence-electron chi connectivity index (χ3n) is 4.90. The zero-order valence-electron chi connectivity index (χ0n) is 14.4. The molecule has 0 radical (unpaired) electrons. The number of halogens is 1. The van der Waals surface area contributed by atoms with Gasteiger partial charge in [0.15, 0.2) is 6.61 Å². The molecule has 25 heavy (non-hydrogen) atoms. The van der Waals surface area contributed by atoms with Crippen molar-refractivity contribution in [3.8, 4) is 17.5 Å². The van der Waals surface area contributed by atoms with E-state index in [9.17, 15) is 4.79 Å². The van der Waals surface area contributed by atoms with Crippen LogP contribution in [0.4, 0.5) is 0 Å². The molecule has 3 atom stereocenters. The molecule has 1 N–H and O–H groups in total. The maximum atomic E-state index is 12.1. The van der Waals surface area contributed by atoms with Crippen molar-refractivity contribution >= 4 is 17.5 Å². The van der Waals surface area contributed by atoms with Crippen LogP contribution < -0.4 is 10.1 Å². The van der Waals surface area contributed by atoms with Crippen molar-refractivity contribution < 1.29 is 14.1 Å². The number of carbonyl (C=O) groups is 1. The Morgan fingerprint density at radius 1 is 1.36 bits per heavy atom. The molecule has 1 aliphatic carbocycles. The van der Waals surface area contributed by atoms with Gasteiger partial charge in [-0.2, -0.15) is 4.98 Å². The second-order valence-electron chi connectivity index (χ2n) is 6.59. The van der Waals surface area contributed by atoms with Crippen LogP contribution in [-0.4, -0.2) is 28.7 Å². The quantitative estimate of drug-likeness (QED) is 0.876. The summed E-state index contributed by atoms with van der Waals surface area (Å²) >= 11 is 6.10. The Balaban J connectivity index is 1.54. The van der Waals surface area contributed by atoms with Crippen LogP contribution in [0.5, 0.6) is 6.08 Å². The van der Waals surface area contributed by atoms with Crippen LogP contribution in [0, 0.1) is 11.8 Å². The SMILES string of the molecule is C[C@H]1[C@H](C)CCC[C@H]1NC(=O)COc1nc(-c2ccccc2Cl)no1. The number of amides is 1. The molecular formula is C18H22ClN3O3. The monoisotopic (exact) mass is 363 g/mol. The van der Waals surface area contributed by atoms with Crippen molar-refractivity contribution in [2.75, 3.05) is 6.61 Å². The molecule has 7 heteroatoms. The number of rotatable bonds is 5. The molecular weight excluding hydrogens is 342 g/mol. The lowest BCUT2D eigenvalue weighted by Crippen LogP contribution is -2.45. The van der Waals surface area contributed by atoms with Crippen molar-refractivity contribution in [3.05, 3.63) is 29.3 Å². The summed E-state index contributed by atoms with van der Waals surface area (Å²) in [7, 11) is 0. The molecule has 0 saturated heterocycles. The van der Waals surface area contributed by atoms with E-state index in [1.807, 2.05) is 12.1 Å². The Hall–Kier alpha value is -2.08. The average Bonchev–Trinajstić information content (AvgIpc) is 3.06. The summed E-state index contributed by atoms with van der Waals surface area (Å²) in [5.41, 5.74) is 0.650. The summed E-state index contributed by atoms with van der Waals surface area (Å²) in [4.78, 5) is 16.2. The van der Waals surface area contributed by atoms with Gasteiger partial charge in [-0.1, -0.05) is 55.6 Å². The van der Waals surface area contributed by atoms with Gasteiger partial charge >= 0.3 is 6.08 Å². The highest BCUT2D eigenvalue weighted by Crippen LogP contribution is 2.29. The van der Waals surface area contributed by atoms with Gasteiger partial charge < -0.3 is 10.1 Å². The number of nitrogens with zero attached hydrogens (tertiary/aromatic N) is 2. The van der Waals surface area contributed by atoms with E-state index in [0.717, 1.165) is 12.8 Å². The summed E-state index contributed by atoms with van der Waals surface area (Å²) in [5, 5.41) is 7.40. The van der Waals surface area contributed by atoms with Gasteiger partial charge in [0.1, 0.15) is 0 Å². The van der Waals surface area contributed by atoms with Crippen LogP contribution in [0.3, 0.4) is 0 Å². The van der Waals surface area contributed by atoms with Gasteiger partial charge in [-0.05, 0) is 30.4 Å². The normalized spacial score (nSPS) is 23.2. The van der Waals surface area contributed by atoms with Crippen molar-refractivity contribution in [1.29, 1.82) is 0 Å². The number of nitrogens with one attached hydrogen (secondary N) is 1. The number of carbonyl (C=O) groups excluding carboxylic acids is 1. The molecule has 6 nitrogen and oxygen atoms in total. The van der Waals surface area contributed by atoms with Gasteiger partial charge in [-0.15, -0.1) is 0 Å². The highest BCUT2D eigenvalue weighted by molar-refractivity contribution is 6.33. The molecule has 134 valence electrons. The summed E-state index contributed by atoms with van der Waals surface area (Å²) < 4.78 is 10.3. The number of benzene rings is 1. The molecule has 0 unspecified atom stereocenters. The molecule has 0 aliphatic heterocycles. The van der Waals surface area contributed by atoms with E-state index in [0.29, 0.717) is 28.2 Å². The molecule has 1 aromatic heterocycles. The summed E-state index contributed by atoms with van der Waals surface area (Å²) in [5.74, 6) is 1.24. The number of aromatic nitrogens is 2. The van der Waals surface area contributed by atoms with E-state index < -0.39 is 0 Å². The fourth-order valence-electron chi connectivity index (χ4n) is 3.18. The third-order valence-corrected chi connectivity index (χ3v) is 5.23. The molecule has 1 aromatic carbocycles. The molecule has 1 fully saturated rings. The third kappa shape index (κ3) is 4.31. The first-order valence-electron chi connectivity index (χ1n) is 8.55. The maximum Gasteiger partial charge on any atom is 0.418 e. The van der Waals surface area contributed by atoms with Gasteiger partial charge in [-0.3, -0.25) is 9.32 Å². The van der Waals surface area contributed by atoms with Crippen LogP contribution in [-0.2, 0) is 4.79 Å². The van der Waals surface area contributed by atoms with Crippen molar-refractivity contribution in [1.82, 2.24) is 15.5 Å². The van der Waals surface area contributed by atoms with Gasteiger partial charge in [0.25, 0.3) is 5.91 Å². The molecule has 1 saturated carbocycles. The largest absolute Gasteiger partial charge is 0.439 e. The van der Waals surface area contributed by atoms with Gasteiger partial charge in [0, 0.05) is 11.6 Å². The zero-order valence-corrected chi connectivity index (χ0v) is 15.1. The van der Waals surface area contributed by atoms with Crippen molar-refractivity contribution in [2.45, 2.75) is 39.2 Å². The van der Waals surface area contributed by atoms with Gasteiger partial charge in [0.2, 0.25) is 5.82 Å².